The lowest BCUT2D eigenvalue weighted by atomic mass is 9.95. The molecule has 0 aliphatic heterocycles. The van der Waals surface area contributed by atoms with Crippen molar-refractivity contribution in [1.82, 2.24) is 9.78 Å². The van der Waals surface area contributed by atoms with Gasteiger partial charge in [-0.2, -0.15) is 5.10 Å². The molecule has 1 aromatic heterocycles. The fourth-order valence-corrected chi connectivity index (χ4v) is 1.56. The lowest BCUT2D eigenvalue weighted by Crippen LogP contribution is -2.29. The summed E-state index contributed by atoms with van der Waals surface area (Å²) in [5.41, 5.74) is 8.14. The monoisotopic (exact) mass is 236 g/mol. The summed E-state index contributed by atoms with van der Waals surface area (Å²) in [5.74, 6) is 0.728. The van der Waals surface area contributed by atoms with E-state index in [4.69, 9.17) is 5.73 Å². The maximum Gasteiger partial charge on any atom is 0.0991 e. The fourth-order valence-electron chi connectivity index (χ4n) is 1.56. The summed E-state index contributed by atoms with van der Waals surface area (Å²) in [7, 11) is 0. The molecular formula is C13H24N4. The highest BCUT2D eigenvalue weighted by Crippen LogP contribution is 2.12. The van der Waals surface area contributed by atoms with Crippen molar-refractivity contribution in [1.29, 1.82) is 0 Å². The number of aromatic nitrogens is 2. The molecule has 96 valence electrons. The first-order chi connectivity index (χ1) is 7.80. The van der Waals surface area contributed by atoms with Gasteiger partial charge < -0.3 is 5.73 Å². The topological polar surface area (TPSA) is 56.2 Å². The molecule has 0 bridgehead atoms. The minimum absolute atomic E-state index is 0.0296. The Morgan fingerprint density at radius 3 is 2.53 bits per heavy atom. The van der Waals surface area contributed by atoms with E-state index in [1.165, 1.54) is 5.69 Å². The van der Waals surface area contributed by atoms with Crippen molar-refractivity contribution in [2.24, 2.45) is 16.1 Å². The minimum atomic E-state index is -0.0296. The largest absolute Gasteiger partial charge is 0.387 e. The Kier molecular flexibility index (Phi) is 4.32. The highest BCUT2D eigenvalue weighted by Gasteiger charge is 2.14. The smallest absolute Gasteiger partial charge is 0.0991 e. The molecule has 0 aliphatic carbocycles. The second-order valence-electron chi connectivity index (χ2n) is 5.52. The van der Waals surface area contributed by atoms with Crippen LogP contribution in [0.15, 0.2) is 11.1 Å². The van der Waals surface area contributed by atoms with Crippen molar-refractivity contribution in [2.75, 3.05) is 6.54 Å². The lowest BCUT2D eigenvalue weighted by Gasteiger charge is -2.17. The quantitative estimate of drug-likeness (QED) is 0.495. The van der Waals surface area contributed by atoms with Crippen LogP contribution in [0, 0.1) is 19.3 Å². The first kappa shape index (κ1) is 13.7. The van der Waals surface area contributed by atoms with Gasteiger partial charge in [0.15, 0.2) is 0 Å². The van der Waals surface area contributed by atoms with Gasteiger partial charge in [-0.3, -0.25) is 9.67 Å². The average molecular weight is 236 g/mol. The number of hydrogen-bond acceptors (Lipinski definition) is 2. The van der Waals surface area contributed by atoms with Gasteiger partial charge in [0.05, 0.1) is 11.5 Å². The zero-order valence-electron chi connectivity index (χ0n) is 11.6. The Balaban J connectivity index is 2.41. The molecule has 2 N–H and O–H groups in total. The number of aryl methyl sites for hydroxylation is 3. The molecule has 0 saturated heterocycles. The average Bonchev–Trinajstić information content (AvgIpc) is 2.50. The van der Waals surface area contributed by atoms with Crippen LogP contribution in [-0.4, -0.2) is 22.2 Å². The first-order valence-corrected chi connectivity index (χ1v) is 6.12. The molecule has 1 aromatic rings. The van der Waals surface area contributed by atoms with Crippen LogP contribution in [0.4, 0.5) is 0 Å². The second kappa shape index (κ2) is 5.34. The highest BCUT2D eigenvalue weighted by atomic mass is 15.3. The van der Waals surface area contributed by atoms with E-state index < -0.39 is 0 Å². The van der Waals surface area contributed by atoms with Gasteiger partial charge in [0.1, 0.15) is 0 Å². The van der Waals surface area contributed by atoms with Crippen LogP contribution in [0.3, 0.4) is 0 Å². The van der Waals surface area contributed by atoms with Gasteiger partial charge in [-0.1, -0.05) is 20.8 Å². The summed E-state index contributed by atoms with van der Waals surface area (Å²) < 4.78 is 2.03. The minimum Gasteiger partial charge on any atom is -0.387 e. The molecule has 4 nitrogen and oxygen atoms in total. The van der Waals surface area contributed by atoms with Crippen LogP contribution in [0.2, 0.25) is 0 Å². The van der Waals surface area contributed by atoms with E-state index in [1.807, 2.05) is 11.6 Å². The molecule has 0 radical (unpaired) electrons. The number of nitrogens with zero attached hydrogens (tertiary/aromatic N) is 3. The van der Waals surface area contributed by atoms with Gasteiger partial charge in [0.25, 0.3) is 0 Å². The van der Waals surface area contributed by atoms with E-state index in [0.29, 0.717) is 0 Å². The summed E-state index contributed by atoms with van der Waals surface area (Å²) in [6, 6.07) is 2.09. The van der Waals surface area contributed by atoms with Crippen LogP contribution in [-0.2, 0) is 6.54 Å². The second-order valence-corrected chi connectivity index (χ2v) is 5.52. The molecule has 1 rings (SSSR count). The number of aliphatic imine (C=N–C) groups is 1. The third-order valence-corrected chi connectivity index (χ3v) is 2.68. The van der Waals surface area contributed by atoms with Crippen LogP contribution >= 0.6 is 0 Å². The van der Waals surface area contributed by atoms with Crippen molar-refractivity contribution < 1.29 is 0 Å². The predicted octanol–water partition coefficient (Wildman–Crippen LogP) is 2.29. The molecule has 4 heteroatoms. The number of hydrogen-bond donors (Lipinski definition) is 1. The standard InChI is InChI=1S/C13H24N4/c1-10-9-11(2)17(16-10)8-6-7-15-12(14)13(3,4)5/h9H,6-8H2,1-5H3,(H2,14,15). The molecule has 0 spiro atoms. The molecule has 0 aromatic carbocycles. The fraction of sp³-hybridized carbons (Fsp3) is 0.692. The van der Waals surface area contributed by atoms with Gasteiger partial charge in [-0.05, 0) is 26.3 Å². The van der Waals surface area contributed by atoms with Crippen LogP contribution < -0.4 is 5.73 Å². The normalized spacial score (nSPS) is 13.1. The van der Waals surface area contributed by atoms with E-state index in [9.17, 15) is 0 Å². The summed E-state index contributed by atoms with van der Waals surface area (Å²) in [6.07, 6.45) is 0.971. The molecular weight excluding hydrogens is 212 g/mol. The molecule has 0 saturated carbocycles. The number of amidine groups is 1. The van der Waals surface area contributed by atoms with Gasteiger partial charge >= 0.3 is 0 Å². The SMILES string of the molecule is Cc1cc(C)n(CCCN=C(N)C(C)(C)C)n1. The van der Waals surface area contributed by atoms with Crippen molar-refractivity contribution in [2.45, 2.75) is 47.6 Å². The Bertz CT molecular complexity index is 396. The van der Waals surface area contributed by atoms with E-state index >= 15 is 0 Å². The zero-order valence-corrected chi connectivity index (χ0v) is 11.6. The Morgan fingerprint density at radius 1 is 1.41 bits per heavy atom. The van der Waals surface area contributed by atoms with Gasteiger partial charge in [0, 0.05) is 24.2 Å². The maximum absolute atomic E-state index is 5.89. The van der Waals surface area contributed by atoms with E-state index in [2.05, 4.69) is 43.9 Å². The number of rotatable bonds is 4. The van der Waals surface area contributed by atoms with E-state index in [1.54, 1.807) is 0 Å². The lowest BCUT2D eigenvalue weighted by molar-refractivity contribution is 0.556. The van der Waals surface area contributed by atoms with Gasteiger partial charge in [-0.15, -0.1) is 0 Å². The van der Waals surface area contributed by atoms with E-state index in [0.717, 1.165) is 31.0 Å². The molecule has 17 heavy (non-hydrogen) atoms. The molecule has 0 unspecified atom stereocenters. The molecule has 0 fully saturated rings. The molecule has 0 atom stereocenters. The Hall–Kier alpha value is -1.32. The maximum atomic E-state index is 5.89. The summed E-state index contributed by atoms with van der Waals surface area (Å²) in [4.78, 5) is 4.40. The number of nitrogens with two attached hydrogens (primary N) is 1. The first-order valence-electron chi connectivity index (χ1n) is 6.12. The van der Waals surface area contributed by atoms with Crippen molar-refractivity contribution in [3.63, 3.8) is 0 Å². The summed E-state index contributed by atoms with van der Waals surface area (Å²) >= 11 is 0. The summed E-state index contributed by atoms with van der Waals surface area (Å²) in [5, 5.41) is 4.41. The van der Waals surface area contributed by atoms with Crippen LogP contribution in [0.1, 0.15) is 38.6 Å². The van der Waals surface area contributed by atoms with Gasteiger partial charge in [-0.25, -0.2) is 0 Å². The third kappa shape index (κ3) is 4.21. The Labute approximate surface area is 104 Å². The van der Waals surface area contributed by atoms with Gasteiger partial charge in [0.2, 0.25) is 0 Å². The highest BCUT2D eigenvalue weighted by molar-refractivity contribution is 5.85. The van der Waals surface area contributed by atoms with Crippen LogP contribution in [0.5, 0.6) is 0 Å². The molecule has 0 aliphatic rings. The third-order valence-electron chi connectivity index (χ3n) is 2.68. The molecule has 0 amide bonds. The summed E-state index contributed by atoms with van der Waals surface area (Å²) in [6.45, 7) is 12.0. The molecule has 1 heterocycles. The predicted molar refractivity (Wildman–Crippen MR) is 72.3 cm³/mol. The van der Waals surface area contributed by atoms with Crippen LogP contribution in [0.25, 0.3) is 0 Å². The van der Waals surface area contributed by atoms with E-state index in [-0.39, 0.29) is 5.41 Å². The van der Waals surface area contributed by atoms with Crippen molar-refractivity contribution >= 4 is 5.84 Å². The van der Waals surface area contributed by atoms with Crippen molar-refractivity contribution in [3.05, 3.63) is 17.5 Å². The zero-order chi connectivity index (χ0) is 13.1. The Morgan fingerprint density at radius 2 is 2.06 bits per heavy atom. The van der Waals surface area contributed by atoms with Crippen molar-refractivity contribution in [3.8, 4) is 0 Å².